The van der Waals surface area contributed by atoms with E-state index in [0.29, 0.717) is 4.47 Å². The number of thiazole rings is 1. The highest BCUT2D eigenvalue weighted by atomic mass is 35.5. The van der Waals surface area contributed by atoms with E-state index in [2.05, 4.69) is 4.98 Å². The van der Waals surface area contributed by atoms with Crippen LogP contribution in [0, 0.1) is 10.1 Å². The summed E-state index contributed by atoms with van der Waals surface area (Å²) < 4.78 is 1.63. The van der Waals surface area contributed by atoms with E-state index in [1.165, 1.54) is 40.4 Å². The molecule has 0 spiro atoms. The highest BCUT2D eigenvalue weighted by Crippen LogP contribution is 2.18. The zero-order chi connectivity index (χ0) is 12.4. The van der Waals surface area contributed by atoms with E-state index in [1.807, 2.05) is 0 Å². The highest BCUT2D eigenvalue weighted by molar-refractivity contribution is 7.15. The normalized spacial score (nSPS) is 10.4. The Morgan fingerprint density at radius 1 is 1.59 bits per heavy atom. The zero-order valence-corrected chi connectivity index (χ0v) is 9.94. The monoisotopic (exact) mass is 271 g/mol. The van der Waals surface area contributed by atoms with Crippen molar-refractivity contribution in [1.82, 2.24) is 9.55 Å². The number of nitrogens with zero attached hydrogens (tertiary/aromatic N) is 3. The quantitative estimate of drug-likeness (QED) is 0.631. The molecule has 0 aliphatic rings. The van der Waals surface area contributed by atoms with Crippen LogP contribution in [0.25, 0.3) is 0 Å². The zero-order valence-electron chi connectivity index (χ0n) is 8.37. The summed E-state index contributed by atoms with van der Waals surface area (Å²) in [6.45, 7) is 0.227. The maximum absolute atomic E-state index is 11.7. The lowest BCUT2D eigenvalue weighted by molar-refractivity contribution is -0.386. The minimum Gasteiger partial charge on any atom is -0.304 e. The Bertz CT molecular complexity index is 622. The molecule has 88 valence electrons. The molecule has 0 atom stereocenters. The number of aromatic nitrogens is 2. The van der Waals surface area contributed by atoms with E-state index >= 15 is 0 Å². The van der Waals surface area contributed by atoms with Gasteiger partial charge in [0.05, 0.1) is 11.5 Å². The first-order chi connectivity index (χ1) is 8.08. The molecule has 17 heavy (non-hydrogen) atoms. The van der Waals surface area contributed by atoms with Gasteiger partial charge in [0.2, 0.25) is 0 Å². The topological polar surface area (TPSA) is 78.0 Å². The van der Waals surface area contributed by atoms with Crippen LogP contribution in [0.15, 0.2) is 29.3 Å². The standard InChI is InChI=1S/C9H6ClN3O3S/c10-9-11-4-6(17-9)5-12-3-1-2-7(8(12)14)13(15)16/h1-4H,5H2. The SMILES string of the molecule is O=c1c([N+](=O)[O-])cccn1Cc1cnc(Cl)s1. The summed E-state index contributed by atoms with van der Waals surface area (Å²) in [6, 6.07) is 2.64. The molecular formula is C9H6ClN3O3S. The molecule has 2 aromatic heterocycles. The van der Waals surface area contributed by atoms with Crippen LogP contribution in [0.1, 0.15) is 4.88 Å². The average molecular weight is 272 g/mol. The summed E-state index contributed by atoms with van der Waals surface area (Å²) in [4.78, 5) is 26.2. The van der Waals surface area contributed by atoms with Gasteiger partial charge < -0.3 is 4.57 Å². The van der Waals surface area contributed by atoms with E-state index in [-0.39, 0.29) is 6.54 Å². The lowest BCUT2D eigenvalue weighted by Gasteiger charge is -2.01. The molecule has 0 saturated heterocycles. The van der Waals surface area contributed by atoms with Gasteiger partial charge in [-0.15, -0.1) is 11.3 Å². The lowest BCUT2D eigenvalue weighted by atomic mass is 10.4. The van der Waals surface area contributed by atoms with Gasteiger partial charge in [0.25, 0.3) is 0 Å². The summed E-state index contributed by atoms with van der Waals surface area (Å²) in [5.41, 5.74) is -1.08. The third-order valence-corrected chi connectivity index (χ3v) is 3.15. The molecule has 0 unspecified atom stereocenters. The van der Waals surface area contributed by atoms with Crippen LogP contribution in [0.4, 0.5) is 5.69 Å². The first-order valence-electron chi connectivity index (χ1n) is 4.52. The van der Waals surface area contributed by atoms with E-state index in [4.69, 9.17) is 11.6 Å². The van der Waals surface area contributed by atoms with Gasteiger partial charge in [-0.05, 0) is 6.07 Å². The van der Waals surface area contributed by atoms with Crippen molar-refractivity contribution < 1.29 is 4.92 Å². The number of halogens is 1. The molecule has 0 fully saturated rings. The van der Waals surface area contributed by atoms with Crippen LogP contribution < -0.4 is 5.56 Å². The Morgan fingerprint density at radius 2 is 2.35 bits per heavy atom. The Hall–Kier alpha value is -1.73. The minimum atomic E-state index is -0.696. The maximum Gasteiger partial charge on any atom is 0.334 e. The van der Waals surface area contributed by atoms with Crippen molar-refractivity contribution in [3.05, 3.63) is 54.3 Å². The van der Waals surface area contributed by atoms with E-state index in [9.17, 15) is 14.9 Å². The van der Waals surface area contributed by atoms with Gasteiger partial charge in [0, 0.05) is 23.3 Å². The fourth-order valence-corrected chi connectivity index (χ4v) is 2.29. The van der Waals surface area contributed by atoms with E-state index in [0.717, 1.165) is 4.88 Å². The highest BCUT2D eigenvalue weighted by Gasteiger charge is 2.13. The molecule has 0 aromatic carbocycles. The lowest BCUT2D eigenvalue weighted by Crippen LogP contribution is -2.21. The van der Waals surface area contributed by atoms with Crippen molar-refractivity contribution in [1.29, 1.82) is 0 Å². The Kier molecular flexibility index (Phi) is 3.21. The van der Waals surface area contributed by atoms with Crippen LogP contribution in [0.2, 0.25) is 4.47 Å². The van der Waals surface area contributed by atoms with Gasteiger partial charge >= 0.3 is 11.2 Å². The van der Waals surface area contributed by atoms with Crippen molar-refractivity contribution in [2.75, 3.05) is 0 Å². The third kappa shape index (κ3) is 2.51. The number of rotatable bonds is 3. The molecule has 0 saturated carbocycles. The first kappa shape index (κ1) is 11.7. The van der Waals surface area contributed by atoms with Crippen molar-refractivity contribution in [2.45, 2.75) is 6.54 Å². The fraction of sp³-hybridized carbons (Fsp3) is 0.111. The van der Waals surface area contributed by atoms with Gasteiger partial charge in [-0.3, -0.25) is 14.9 Å². The fourth-order valence-electron chi connectivity index (χ4n) is 1.31. The first-order valence-corrected chi connectivity index (χ1v) is 5.71. The molecule has 0 aliphatic carbocycles. The number of pyridine rings is 1. The second-order valence-corrected chi connectivity index (χ2v) is 4.86. The Balaban J connectivity index is 2.37. The summed E-state index contributed by atoms with van der Waals surface area (Å²) in [5.74, 6) is 0. The largest absolute Gasteiger partial charge is 0.334 e. The van der Waals surface area contributed by atoms with Crippen LogP contribution in [-0.2, 0) is 6.54 Å². The predicted octanol–water partition coefficient (Wildman–Crippen LogP) is 1.91. The molecule has 6 nitrogen and oxygen atoms in total. The molecule has 2 heterocycles. The number of nitro groups is 1. The number of hydrogen-bond acceptors (Lipinski definition) is 5. The molecule has 0 amide bonds. The smallest absolute Gasteiger partial charge is 0.304 e. The third-order valence-electron chi connectivity index (χ3n) is 2.05. The van der Waals surface area contributed by atoms with Crippen molar-refractivity contribution in [3.8, 4) is 0 Å². The van der Waals surface area contributed by atoms with Crippen LogP contribution in [0.3, 0.4) is 0 Å². The molecule has 0 radical (unpaired) electrons. The van der Waals surface area contributed by atoms with Crippen molar-refractivity contribution in [3.63, 3.8) is 0 Å². The van der Waals surface area contributed by atoms with Gasteiger partial charge in [0.1, 0.15) is 0 Å². The van der Waals surface area contributed by atoms with Gasteiger partial charge in [-0.2, -0.15) is 0 Å². The summed E-state index contributed by atoms with van der Waals surface area (Å²) in [5, 5.41) is 10.6. The van der Waals surface area contributed by atoms with Gasteiger partial charge in [0.15, 0.2) is 4.47 Å². The van der Waals surface area contributed by atoms with Crippen LogP contribution in [-0.4, -0.2) is 14.5 Å². The average Bonchev–Trinajstić information content (AvgIpc) is 2.67. The second-order valence-electron chi connectivity index (χ2n) is 3.16. The number of hydrogen-bond donors (Lipinski definition) is 0. The Labute approximate surface area is 104 Å². The molecule has 2 rings (SSSR count). The van der Waals surface area contributed by atoms with Crippen molar-refractivity contribution >= 4 is 28.6 Å². The van der Waals surface area contributed by atoms with Gasteiger partial charge in [-0.1, -0.05) is 11.6 Å². The summed E-state index contributed by atoms with van der Waals surface area (Å²) in [7, 11) is 0. The van der Waals surface area contributed by atoms with Gasteiger partial charge in [-0.25, -0.2) is 4.98 Å². The van der Waals surface area contributed by atoms with E-state index in [1.54, 1.807) is 0 Å². The molecule has 2 aromatic rings. The van der Waals surface area contributed by atoms with Crippen LogP contribution >= 0.6 is 22.9 Å². The van der Waals surface area contributed by atoms with Crippen molar-refractivity contribution in [2.24, 2.45) is 0 Å². The summed E-state index contributed by atoms with van der Waals surface area (Å²) >= 11 is 6.89. The molecule has 0 bridgehead atoms. The second kappa shape index (κ2) is 4.64. The predicted molar refractivity (Wildman–Crippen MR) is 63.6 cm³/mol. The molecular weight excluding hydrogens is 266 g/mol. The molecule has 0 N–H and O–H groups in total. The summed E-state index contributed by atoms with van der Waals surface area (Å²) in [6.07, 6.45) is 3.03. The Morgan fingerprint density at radius 3 is 2.94 bits per heavy atom. The maximum atomic E-state index is 11.7. The minimum absolute atomic E-state index is 0.227. The van der Waals surface area contributed by atoms with E-state index < -0.39 is 16.2 Å². The molecule has 8 heteroatoms. The van der Waals surface area contributed by atoms with Crippen LogP contribution in [0.5, 0.6) is 0 Å². The molecule has 0 aliphatic heterocycles.